The van der Waals surface area contributed by atoms with E-state index < -0.39 is 0 Å². The van der Waals surface area contributed by atoms with Crippen LogP contribution in [0.15, 0.2) is 18.7 Å². The van der Waals surface area contributed by atoms with Gasteiger partial charge in [-0.3, -0.25) is 4.79 Å². The SMILES string of the molecule is CC(CCOC(=O)CCCCCCCCNCCCn1ccnc1)CC(C)(C)C. The number of rotatable bonds is 17. The Morgan fingerprint density at radius 1 is 1.07 bits per heavy atom. The summed E-state index contributed by atoms with van der Waals surface area (Å²) in [6.45, 7) is 12.8. The molecule has 0 aromatic carbocycles. The maximum atomic E-state index is 11.8. The number of aromatic nitrogens is 2. The quantitative estimate of drug-likeness (QED) is 0.270. The van der Waals surface area contributed by atoms with Crippen molar-refractivity contribution in [1.29, 1.82) is 0 Å². The van der Waals surface area contributed by atoms with Gasteiger partial charge in [0, 0.05) is 25.4 Å². The first-order valence-electron chi connectivity index (χ1n) is 11.7. The molecule has 1 unspecified atom stereocenters. The standard InChI is InChI=1S/C24H45N3O2/c1-22(20-24(2,3)4)13-19-29-23(28)12-9-7-5-6-8-10-14-25-15-11-17-27-18-16-26-21-27/h16,18,21-22,25H,5-15,17,19-20H2,1-4H3. The topological polar surface area (TPSA) is 56.1 Å². The van der Waals surface area contributed by atoms with Gasteiger partial charge in [0.15, 0.2) is 0 Å². The van der Waals surface area contributed by atoms with Gasteiger partial charge in [-0.1, -0.05) is 53.4 Å². The molecule has 1 atom stereocenters. The van der Waals surface area contributed by atoms with Gasteiger partial charge in [0.2, 0.25) is 0 Å². The lowest BCUT2D eigenvalue weighted by atomic mass is 9.84. The normalized spacial score (nSPS) is 12.8. The number of ether oxygens (including phenoxy) is 1. The molecule has 1 aromatic rings. The lowest BCUT2D eigenvalue weighted by Gasteiger charge is -2.22. The molecule has 0 spiro atoms. The van der Waals surface area contributed by atoms with Crippen LogP contribution >= 0.6 is 0 Å². The van der Waals surface area contributed by atoms with Crippen molar-refractivity contribution < 1.29 is 9.53 Å². The van der Waals surface area contributed by atoms with E-state index in [1.807, 2.05) is 18.7 Å². The molecule has 1 heterocycles. The summed E-state index contributed by atoms with van der Waals surface area (Å²) < 4.78 is 7.51. The minimum atomic E-state index is -0.0205. The maximum Gasteiger partial charge on any atom is 0.305 e. The predicted octanol–water partition coefficient (Wildman–Crippen LogP) is 5.60. The number of imidazole rings is 1. The molecule has 5 nitrogen and oxygen atoms in total. The number of unbranched alkanes of at least 4 members (excludes halogenated alkanes) is 5. The Morgan fingerprint density at radius 3 is 2.45 bits per heavy atom. The van der Waals surface area contributed by atoms with Gasteiger partial charge in [-0.05, 0) is 56.5 Å². The third-order valence-corrected chi connectivity index (χ3v) is 5.15. The summed E-state index contributed by atoms with van der Waals surface area (Å²) in [5.41, 5.74) is 0.348. The summed E-state index contributed by atoms with van der Waals surface area (Å²) in [5.74, 6) is 0.585. The molecule has 0 fully saturated rings. The monoisotopic (exact) mass is 407 g/mol. The highest BCUT2D eigenvalue weighted by Gasteiger charge is 2.15. The van der Waals surface area contributed by atoms with Gasteiger partial charge in [0.25, 0.3) is 0 Å². The number of carbonyl (C=O) groups excluding carboxylic acids is 1. The summed E-state index contributed by atoms with van der Waals surface area (Å²) in [4.78, 5) is 15.9. The van der Waals surface area contributed by atoms with Crippen LogP contribution in [0.3, 0.4) is 0 Å². The van der Waals surface area contributed by atoms with E-state index in [0.717, 1.165) is 45.3 Å². The zero-order valence-electron chi connectivity index (χ0n) is 19.4. The molecule has 1 rings (SSSR count). The van der Waals surface area contributed by atoms with Crippen LogP contribution in [-0.4, -0.2) is 35.2 Å². The summed E-state index contributed by atoms with van der Waals surface area (Å²) in [6.07, 6.45) is 16.6. The second-order valence-corrected chi connectivity index (χ2v) is 9.65. The van der Waals surface area contributed by atoms with Gasteiger partial charge < -0.3 is 14.6 Å². The molecule has 0 aliphatic heterocycles. The van der Waals surface area contributed by atoms with Gasteiger partial charge >= 0.3 is 5.97 Å². The number of esters is 1. The van der Waals surface area contributed by atoms with Gasteiger partial charge in [-0.2, -0.15) is 0 Å². The van der Waals surface area contributed by atoms with Crippen molar-refractivity contribution in [2.75, 3.05) is 19.7 Å². The fourth-order valence-corrected chi connectivity index (χ4v) is 3.75. The van der Waals surface area contributed by atoms with E-state index in [9.17, 15) is 4.79 Å². The molecule has 0 saturated heterocycles. The highest BCUT2D eigenvalue weighted by Crippen LogP contribution is 2.25. The van der Waals surface area contributed by atoms with Crippen molar-refractivity contribution in [3.63, 3.8) is 0 Å². The number of hydrogen-bond donors (Lipinski definition) is 1. The zero-order valence-corrected chi connectivity index (χ0v) is 19.4. The molecule has 0 amide bonds. The third-order valence-electron chi connectivity index (χ3n) is 5.15. The van der Waals surface area contributed by atoms with E-state index in [4.69, 9.17) is 4.74 Å². The minimum Gasteiger partial charge on any atom is -0.466 e. The zero-order chi connectivity index (χ0) is 21.4. The predicted molar refractivity (Wildman–Crippen MR) is 121 cm³/mol. The Morgan fingerprint density at radius 2 is 1.76 bits per heavy atom. The Labute approximate surface area is 179 Å². The van der Waals surface area contributed by atoms with E-state index in [1.54, 1.807) is 0 Å². The van der Waals surface area contributed by atoms with Crippen LogP contribution in [0.1, 0.15) is 91.9 Å². The van der Waals surface area contributed by atoms with Crippen molar-refractivity contribution in [1.82, 2.24) is 14.9 Å². The van der Waals surface area contributed by atoms with Crippen LogP contribution in [0.5, 0.6) is 0 Å². The molecule has 0 bridgehead atoms. The number of hydrogen-bond acceptors (Lipinski definition) is 4. The molecule has 1 aromatic heterocycles. The van der Waals surface area contributed by atoms with Crippen molar-refractivity contribution in [2.45, 2.75) is 98.4 Å². The summed E-state index contributed by atoms with van der Waals surface area (Å²) in [7, 11) is 0. The van der Waals surface area contributed by atoms with E-state index >= 15 is 0 Å². The van der Waals surface area contributed by atoms with Crippen LogP contribution < -0.4 is 5.32 Å². The van der Waals surface area contributed by atoms with Crippen molar-refractivity contribution in [2.24, 2.45) is 11.3 Å². The lowest BCUT2D eigenvalue weighted by Crippen LogP contribution is -2.18. The highest BCUT2D eigenvalue weighted by atomic mass is 16.5. The summed E-state index contributed by atoms with van der Waals surface area (Å²) >= 11 is 0. The summed E-state index contributed by atoms with van der Waals surface area (Å²) in [5, 5.41) is 3.51. The van der Waals surface area contributed by atoms with E-state index in [-0.39, 0.29) is 5.97 Å². The molecule has 0 aliphatic carbocycles. The minimum absolute atomic E-state index is 0.0205. The number of carbonyl (C=O) groups is 1. The van der Waals surface area contributed by atoms with Crippen molar-refractivity contribution in [3.8, 4) is 0 Å². The first-order valence-corrected chi connectivity index (χ1v) is 11.7. The van der Waals surface area contributed by atoms with Crippen LogP contribution in [0.4, 0.5) is 0 Å². The molecule has 0 aliphatic rings. The molecule has 0 radical (unpaired) electrons. The average molecular weight is 408 g/mol. The van der Waals surface area contributed by atoms with Crippen LogP contribution in [0.2, 0.25) is 0 Å². The second-order valence-electron chi connectivity index (χ2n) is 9.65. The first-order chi connectivity index (χ1) is 13.9. The van der Waals surface area contributed by atoms with Gasteiger partial charge in [-0.25, -0.2) is 4.98 Å². The molecule has 1 N–H and O–H groups in total. The third kappa shape index (κ3) is 16.2. The Hall–Kier alpha value is -1.36. The average Bonchev–Trinajstić information content (AvgIpc) is 3.14. The van der Waals surface area contributed by atoms with E-state index in [0.29, 0.717) is 24.4 Å². The van der Waals surface area contributed by atoms with Crippen LogP contribution in [0, 0.1) is 11.3 Å². The number of nitrogens with zero attached hydrogens (tertiary/aromatic N) is 2. The van der Waals surface area contributed by atoms with Crippen LogP contribution in [-0.2, 0) is 16.1 Å². The molecule has 5 heteroatoms. The Balaban J connectivity index is 1.80. The maximum absolute atomic E-state index is 11.8. The molecule has 29 heavy (non-hydrogen) atoms. The van der Waals surface area contributed by atoms with Crippen LogP contribution in [0.25, 0.3) is 0 Å². The van der Waals surface area contributed by atoms with Crippen molar-refractivity contribution >= 4 is 5.97 Å². The largest absolute Gasteiger partial charge is 0.466 e. The second kappa shape index (κ2) is 15.5. The number of nitrogens with one attached hydrogen (secondary N) is 1. The Bertz CT molecular complexity index is 509. The van der Waals surface area contributed by atoms with Crippen molar-refractivity contribution in [3.05, 3.63) is 18.7 Å². The lowest BCUT2D eigenvalue weighted by molar-refractivity contribution is -0.144. The fourth-order valence-electron chi connectivity index (χ4n) is 3.75. The molecule has 168 valence electrons. The Kier molecular flexibility index (Phi) is 13.7. The van der Waals surface area contributed by atoms with Gasteiger partial charge in [0.1, 0.15) is 0 Å². The molecular weight excluding hydrogens is 362 g/mol. The molecule has 0 saturated carbocycles. The number of aryl methyl sites for hydroxylation is 1. The molecular formula is C24H45N3O2. The smallest absolute Gasteiger partial charge is 0.305 e. The van der Waals surface area contributed by atoms with Gasteiger partial charge in [-0.15, -0.1) is 0 Å². The van der Waals surface area contributed by atoms with E-state index in [2.05, 4.69) is 42.6 Å². The highest BCUT2D eigenvalue weighted by molar-refractivity contribution is 5.69. The first kappa shape index (κ1) is 25.7. The van der Waals surface area contributed by atoms with Gasteiger partial charge in [0.05, 0.1) is 12.9 Å². The summed E-state index contributed by atoms with van der Waals surface area (Å²) in [6, 6.07) is 0. The fraction of sp³-hybridized carbons (Fsp3) is 0.833. The van der Waals surface area contributed by atoms with E-state index in [1.165, 1.54) is 32.1 Å².